The first-order chi connectivity index (χ1) is 9.19. The first kappa shape index (κ1) is 14.5. The van der Waals surface area contributed by atoms with E-state index >= 15 is 0 Å². The minimum absolute atomic E-state index is 0.774. The number of hydrogen-bond acceptors (Lipinski definition) is 4. The van der Waals surface area contributed by atoms with Gasteiger partial charge in [-0.25, -0.2) is 9.97 Å². The van der Waals surface area contributed by atoms with E-state index in [9.17, 15) is 0 Å². The van der Waals surface area contributed by atoms with E-state index in [4.69, 9.17) is 0 Å². The third-order valence-corrected chi connectivity index (χ3v) is 4.53. The Morgan fingerprint density at radius 1 is 1.26 bits per heavy atom. The molecule has 1 heterocycles. The summed E-state index contributed by atoms with van der Waals surface area (Å²) in [7, 11) is 1.92. The predicted octanol–water partition coefficient (Wildman–Crippen LogP) is 3.56. The minimum atomic E-state index is 0.774. The van der Waals surface area contributed by atoms with E-state index in [0.29, 0.717) is 0 Å². The van der Waals surface area contributed by atoms with Gasteiger partial charge in [-0.1, -0.05) is 12.1 Å². The van der Waals surface area contributed by atoms with Crippen LogP contribution in [0.2, 0.25) is 0 Å². The molecule has 0 fully saturated rings. The summed E-state index contributed by atoms with van der Waals surface area (Å²) >= 11 is 5.30. The van der Waals surface area contributed by atoms with Gasteiger partial charge in [-0.05, 0) is 48.1 Å². The molecule has 0 aliphatic rings. The summed E-state index contributed by atoms with van der Waals surface area (Å²) in [5.74, 6) is 1.66. The highest BCUT2D eigenvalue weighted by Crippen LogP contribution is 2.28. The Hall–Kier alpha value is -0.910. The fourth-order valence-corrected chi connectivity index (χ4v) is 3.16. The van der Waals surface area contributed by atoms with Crippen LogP contribution in [-0.4, -0.2) is 17.0 Å². The number of nitrogens with zero attached hydrogens (tertiary/aromatic N) is 2. The highest BCUT2D eigenvalue weighted by Gasteiger charge is 2.05. The van der Waals surface area contributed by atoms with Gasteiger partial charge in [-0.3, -0.25) is 0 Å². The van der Waals surface area contributed by atoms with Gasteiger partial charge in [-0.2, -0.15) is 0 Å². The molecule has 1 aromatic heterocycles. The lowest BCUT2D eigenvalue weighted by atomic mass is 10.3. The SMILES string of the molecule is CNCc1cc(C)nc(CSc2ccccc2Br)n1. The lowest BCUT2D eigenvalue weighted by Crippen LogP contribution is -2.09. The molecule has 2 rings (SSSR count). The zero-order chi connectivity index (χ0) is 13.7. The van der Waals surface area contributed by atoms with Gasteiger partial charge in [0.15, 0.2) is 0 Å². The highest BCUT2D eigenvalue weighted by atomic mass is 79.9. The standard InChI is InChI=1S/C14H16BrN3S/c1-10-7-11(8-16-2)18-14(17-10)9-19-13-6-4-3-5-12(13)15/h3-7,16H,8-9H2,1-2H3. The number of hydrogen-bond donors (Lipinski definition) is 1. The summed E-state index contributed by atoms with van der Waals surface area (Å²) < 4.78 is 1.11. The molecule has 5 heteroatoms. The third kappa shape index (κ3) is 4.30. The molecule has 1 aromatic carbocycles. The molecule has 0 spiro atoms. The third-order valence-electron chi connectivity index (χ3n) is 2.50. The van der Waals surface area contributed by atoms with Crippen molar-refractivity contribution in [1.82, 2.24) is 15.3 Å². The van der Waals surface area contributed by atoms with Crippen LogP contribution in [-0.2, 0) is 12.3 Å². The minimum Gasteiger partial charge on any atom is -0.314 e. The van der Waals surface area contributed by atoms with Crippen LogP contribution in [0.25, 0.3) is 0 Å². The molecule has 0 bridgehead atoms. The first-order valence-electron chi connectivity index (χ1n) is 6.04. The van der Waals surface area contributed by atoms with Gasteiger partial charge in [0.05, 0.1) is 11.4 Å². The molecule has 1 N–H and O–H groups in total. The fraction of sp³-hybridized carbons (Fsp3) is 0.286. The maximum absolute atomic E-state index is 4.56. The number of aromatic nitrogens is 2. The van der Waals surface area contributed by atoms with Crippen molar-refractivity contribution in [2.24, 2.45) is 0 Å². The van der Waals surface area contributed by atoms with E-state index in [1.807, 2.05) is 38.2 Å². The topological polar surface area (TPSA) is 37.8 Å². The average Bonchev–Trinajstić information content (AvgIpc) is 2.37. The van der Waals surface area contributed by atoms with Gasteiger partial charge in [0.25, 0.3) is 0 Å². The van der Waals surface area contributed by atoms with E-state index in [1.165, 1.54) is 4.90 Å². The molecule has 0 radical (unpaired) electrons. The van der Waals surface area contributed by atoms with E-state index in [-0.39, 0.29) is 0 Å². The lowest BCUT2D eigenvalue weighted by molar-refractivity contribution is 0.773. The Balaban J connectivity index is 2.09. The van der Waals surface area contributed by atoms with Crippen LogP contribution >= 0.6 is 27.7 Å². The number of aryl methyl sites for hydroxylation is 1. The zero-order valence-electron chi connectivity index (χ0n) is 11.0. The van der Waals surface area contributed by atoms with Crippen molar-refractivity contribution < 1.29 is 0 Å². The molecule has 3 nitrogen and oxygen atoms in total. The summed E-state index contributed by atoms with van der Waals surface area (Å²) in [6.07, 6.45) is 0. The van der Waals surface area contributed by atoms with Crippen molar-refractivity contribution in [1.29, 1.82) is 0 Å². The first-order valence-corrected chi connectivity index (χ1v) is 7.82. The molecule has 0 unspecified atom stereocenters. The fourth-order valence-electron chi connectivity index (χ4n) is 1.74. The largest absolute Gasteiger partial charge is 0.314 e. The maximum Gasteiger partial charge on any atom is 0.139 e. The summed E-state index contributed by atoms with van der Waals surface area (Å²) in [4.78, 5) is 10.3. The monoisotopic (exact) mass is 337 g/mol. The molecule has 0 atom stereocenters. The van der Waals surface area contributed by atoms with Gasteiger partial charge < -0.3 is 5.32 Å². The molecule has 0 saturated heterocycles. The second-order valence-corrected chi connectivity index (χ2v) is 6.04. The average molecular weight is 338 g/mol. The number of rotatable bonds is 5. The number of halogens is 1. The van der Waals surface area contributed by atoms with Crippen LogP contribution in [0.1, 0.15) is 17.2 Å². The van der Waals surface area contributed by atoms with Crippen LogP contribution in [0.4, 0.5) is 0 Å². The quantitative estimate of drug-likeness (QED) is 0.846. The van der Waals surface area contributed by atoms with Crippen LogP contribution in [0.5, 0.6) is 0 Å². The molecular weight excluding hydrogens is 322 g/mol. The Morgan fingerprint density at radius 3 is 2.79 bits per heavy atom. The van der Waals surface area contributed by atoms with E-state index in [0.717, 1.165) is 34.0 Å². The highest BCUT2D eigenvalue weighted by molar-refractivity contribution is 9.10. The number of nitrogens with one attached hydrogen (secondary N) is 1. The van der Waals surface area contributed by atoms with Gasteiger partial charge >= 0.3 is 0 Å². The Bertz CT molecular complexity index is 560. The summed E-state index contributed by atoms with van der Waals surface area (Å²) in [6.45, 7) is 2.78. The van der Waals surface area contributed by atoms with Crippen molar-refractivity contribution in [3.8, 4) is 0 Å². The Kier molecular flexibility index (Phi) is 5.36. The lowest BCUT2D eigenvalue weighted by Gasteiger charge is -2.06. The summed E-state index contributed by atoms with van der Waals surface area (Å²) in [6, 6.07) is 10.2. The Morgan fingerprint density at radius 2 is 2.05 bits per heavy atom. The van der Waals surface area contributed by atoms with E-state index < -0.39 is 0 Å². The van der Waals surface area contributed by atoms with Crippen molar-refractivity contribution in [2.45, 2.75) is 24.1 Å². The molecule has 0 aliphatic carbocycles. The number of thioether (sulfide) groups is 1. The molecule has 0 aliphatic heterocycles. The van der Waals surface area contributed by atoms with Gasteiger partial charge in [0.1, 0.15) is 5.82 Å². The van der Waals surface area contributed by atoms with Crippen LogP contribution in [0, 0.1) is 6.92 Å². The molecule has 0 saturated carbocycles. The van der Waals surface area contributed by atoms with Gasteiger partial charge in [0, 0.05) is 21.6 Å². The molecular formula is C14H16BrN3S. The van der Waals surface area contributed by atoms with Crippen LogP contribution < -0.4 is 5.32 Å². The maximum atomic E-state index is 4.56. The summed E-state index contributed by atoms with van der Waals surface area (Å²) in [5.41, 5.74) is 2.06. The predicted molar refractivity (Wildman–Crippen MR) is 83.2 cm³/mol. The normalized spacial score (nSPS) is 10.7. The molecule has 2 aromatic rings. The molecule has 19 heavy (non-hydrogen) atoms. The van der Waals surface area contributed by atoms with E-state index in [1.54, 1.807) is 11.8 Å². The van der Waals surface area contributed by atoms with Crippen molar-refractivity contribution in [2.75, 3.05) is 7.05 Å². The zero-order valence-corrected chi connectivity index (χ0v) is 13.4. The molecule has 100 valence electrons. The van der Waals surface area contributed by atoms with Gasteiger partial charge in [0.2, 0.25) is 0 Å². The second kappa shape index (κ2) is 7.03. The van der Waals surface area contributed by atoms with E-state index in [2.05, 4.69) is 37.3 Å². The van der Waals surface area contributed by atoms with Gasteiger partial charge in [-0.15, -0.1) is 11.8 Å². The number of benzene rings is 1. The van der Waals surface area contributed by atoms with Crippen molar-refractivity contribution in [3.63, 3.8) is 0 Å². The van der Waals surface area contributed by atoms with Crippen LogP contribution in [0.3, 0.4) is 0 Å². The summed E-state index contributed by atoms with van der Waals surface area (Å²) in [5, 5.41) is 3.12. The van der Waals surface area contributed by atoms with Crippen molar-refractivity contribution >= 4 is 27.7 Å². The van der Waals surface area contributed by atoms with Crippen LogP contribution in [0.15, 0.2) is 39.7 Å². The smallest absolute Gasteiger partial charge is 0.139 e. The molecule has 0 amide bonds. The van der Waals surface area contributed by atoms with Crippen molar-refractivity contribution in [3.05, 3.63) is 52.0 Å². The second-order valence-electron chi connectivity index (χ2n) is 4.17. The Labute approximate surface area is 126 Å².